The smallest absolute Gasteiger partial charge is 0.130 e. The summed E-state index contributed by atoms with van der Waals surface area (Å²) < 4.78 is 15.6. The van der Waals surface area contributed by atoms with E-state index in [4.69, 9.17) is 5.73 Å². The molecular formula is C14H18FN3. The van der Waals surface area contributed by atoms with Gasteiger partial charge in [0.05, 0.1) is 6.20 Å². The zero-order valence-corrected chi connectivity index (χ0v) is 10.7. The summed E-state index contributed by atoms with van der Waals surface area (Å²) in [5.74, 6) is -0.184. The standard InChI is InChI=1S/C14H18FN3/c1-10-4-3-5-12(14(10)15)13(16)7-6-11-8-17-18(2)9-11/h3-5,8-9,13H,6-7,16H2,1-2H3. The molecule has 96 valence electrons. The Kier molecular flexibility index (Phi) is 3.77. The van der Waals surface area contributed by atoms with Crippen LogP contribution in [0.1, 0.15) is 29.2 Å². The first-order chi connectivity index (χ1) is 8.58. The van der Waals surface area contributed by atoms with Crippen LogP contribution in [0.4, 0.5) is 4.39 Å². The number of hydrogen-bond donors (Lipinski definition) is 1. The van der Waals surface area contributed by atoms with Crippen molar-refractivity contribution >= 4 is 0 Å². The zero-order chi connectivity index (χ0) is 13.1. The SMILES string of the molecule is Cc1cccc(C(N)CCc2cnn(C)c2)c1F. The summed E-state index contributed by atoms with van der Waals surface area (Å²) in [6.45, 7) is 1.76. The summed E-state index contributed by atoms with van der Waals surface area (Å²) in [6.07, 6.45) is 5.30. The molecule has 0 saturated heterocycles. The van der Waals surface area contributed by atoms with Crippen LogP contribution in [0.2, 0.25) is 0 Å². The van der Waals surface area contributed by atoms with Crippen LogP contribution in [0.3, 0.4) is 0 Å². The summed E-state index contributed by atoms with van der Waals surface area (Å²) in [5, 5.41) is 4.10. The molecule has 18 heavy (non-hydrogen) atoms. The minimum absolute atomic E-state index is 0.184. The van der Waals surface area contributed by atoms with Gasteiger partial charge in [0.15, 0.2) is 0 Å². The van der Waals surface area contributed by atoms with Gasteiger partial charge in [-0.25, -0.2) is 4.39 Å². The first-order valence-electron chi connectivity index (χ1n) is 6.06. The lowest BCUT2D eigenvalue weighted by Crippen LogP contribution is -2.13. The maximum atomic E-state index is 13.9. The fourth-order valence-corrected chi connectivity index (χ4v) is 2.04. The minimum Gasteiger partial charge on any atom is -0.324 e. The van der Waals surface area contributed by atoms with Crippen LogP contribution in [0, 0.1) is 12.7 Å². The monoisotopic (exact) mass is 247 g/mol. The van der Waals surface area contributed by atoms with Gasteiger partial charge in [0.2, 0.25) is 0 Å². The van der Waals surface area contributed by atoms with E-state index in [9.17, 15) is 4.39 Å². The van der Waals surface area contributed by atoms with Gasteiger partial charge in [0, 0.05) is 24.8 Å². The summed E-state index contributed by atoms with van der Waals surface area (Å²) in [4.78, 5) is 0. The average molecular weight is 247 g/mol. The number of hydrogen-bond acceptors (Lipinski definition) is 2. The molecule has 2 N–H and O–H groups in total. The third kappa shape index (κ3) is 2.76. The van der Waals surface area contributed by atoms with Crippen molar-refractivity contribution in [3.8, 4) is 0 Å². The van der Waals surface area contributed by atoms with Crippen LogP contribution < -0.4 is 5.73 Å². The normalized spacial score (nSPS) is 12.7. The number of aryl methyl sites for hydroxylation is 3. The van der Waals surface area contributed by atoms with E-state index in [1.165, 1.54) is 0 Å². The van der Waals surface area contributed by atoms with Crippen LogP contribution >= 0.6 is 0 Å². The lowest BCUT2D eigenvalue weighted by Gasteiger charge is -2.13. The van der Waals surface area contributed by atoms with Crippen LogP contribution in [-0.4, -0.2) is 9.78 Å². The number of rotatable bonds is 4. The Balaban J connectivity index is 2.03. The van der Waals surface area contributed by atoms with E-state index >= 15 is 0 Å². The molecule has 0 spiro atoms. The summed E-state index contributed by atoms with van der Waals surface area (Å²) >= 11 is 0. The maximum Gasteiger partial charge on any atom is 0.130 e. The summed E-state index contributed by atoms with van der Waals surface area (Å²) in [5.41, 5.74) is 8.42. The largest absolute Gasteiger partial charge is 0.324 e. The number of nitrogens with zero attached hydrogens (tertiary/aromatic N) is 2. The highest BCUT2D eigenvalue weighted by Gasteiger charge is 2.13. The molecule has 0 aliphatic heterocycles. The summed E-state index contributed by atoms with van der Waals surface area (Å²) in [6, 6.07) is 5.09. The van der Waals surface area contributed by atoms with E-state index in [1.807, 2.05) is 25.5 Å². The molecule has 0 aliphatic rings. The minimum atomic E-state index is -0.273. The van der Waals surface area contributed by atoms with Crippen LogP contribution in [0.5, 0.6) is 0 Å². The third-order valence-electron chi connectivity index (χ3n) is 3.12. The Bertz CT molecular complexity index is 534. The molecule has 1 aromatic carbocycles. The van der Waals surface area contributed by atoms with Gasteiger partial charge in [-0.15, -0.1) is 0 Å². The lowest BCUT2D eigenvalue weighted by molar-refractivity contribution is 0.557. The predicted molar refractivity (Wildman–Crippen MR) is 69.6 cm³/mol. The highest BCUT2D eigenvalue weighted by Crippen LogP contribution is 2.21. The van der Waals surface area contributed by atoms with Gasteiger partial charge < -0.3 is 5.73 Å². The van der Waals surface area contributed by atoms with E-state index in [-0.39, 0.29) is 11.9 Å². The molecule has 0 amide bonds. The second-order valence-electron chi connectivity index (χ2n) is 4.65. The summed E-state index contributed by atoms with van der Waals surface area (Å²) in [7, 11) is 1.88. The number of aromatic nitrogens is 2. The predicted octanol–water partition coefficient (Wildman–Crippen LogP) is 2.50. The molecule has 0 saturated carbocycles. The van der Waals surface area contributed by atoms with Crippen LogP contribution in [0.25, 0.3) is 0 Å². The van der Waals surface area contributed by atoms with Crippen molar-refractivity contribution in [2.75, 3.05) is 0 Å². The van der Waals surface area contributed by atoms with Crippen molar-refractivity contribution in [3.05, 3.63) is 53.1 Å². The van der Waals surface area contributed by atoms with Gasteiger partial charge in [-0.1, -0.05) is 18.2 Å². The van der Waals surface area contributed by atoms with Crippen molar-refractivity contribution in [3.63, 3.8) is 0 Å². The van der Waals surface area contributed by atoms with Gasteiger partial charge in [0.25, 0.3) is 0 Å². The van der Waals surface area contributed by atoms with E-state index < -0.39 is 0 Å². The molecule has 1 atom stereocenters. The molecule has 3 nitrogen and oxygen atoms in total. The molecule has 1 unspecified atom stereocenters. The van der Waals surface area contributed by atoms with E-state index in [2.05, 4.69) is 5.10 Å². The lowest BCUT2D eigenvalue weighted by atomic mass is 9.99. The highest BCUT2D eigenvalue weighted by atomic mass is 19.1. The fraction of sp³-hybridized carbons (Fsp3) is 0.357. The Hall–Kier alpha value is -1.68. The highest BCUT2D eigenvalue weighted by molar-refractivity contribution is 5.27. The third-order valence-corrected chi connectivity index (χ3v) is 3.12. The van der Waals surface area contributed by atoms with Crippen molar-refractivity contribution in [1.29, 1.82) is 0 Å². The van der Waals surface area contributed by atoms with Crippen molar-refractivity contribution in [2.45, 2.75) is 25.8 Å². The first-order valence-corrected chi connectivity index (χ1v) is 6.06. The Morgan fingerprint density at radius 3 is 2.89 bits per heavy atom. The van der Waals surface area contributed by atoms with Gasteiger partial charge in [-0.3, -0.25) is 4.68 Å². The van der Waals surface area contributed by atoms with Gasteiger partial charge in [-0.2, -0.15) is 5.10 Å². The van der Waals surface area contributed by atoms with Crippen LogP contribution in [0.15, 0.2) is 30.6 Å². The van der Waals surface area contributed by atoms with Gasteiger partial charge >= 0.3 is 0 Å². The topological polar surface area (TPSA) is 43.8 Å². The first kappa shape index (κ1) is 12.8. The fourth-order valence-electron chi connectivity index (χ4n) is 2.04. The second-order valence-corrected chi connectivity index (χ2v) is 4.65. The van der Waals surface area contributed by atoms with Crippen molar-refractivity contribution in [2.24, 2.45) is 12.8 Å². The number of benzene rings is 1. The molecule has 0 radical (unpaired) electrons. The van der Waals surface area contributed by atoms with Gasteiger partial charge in [-0.05, 0) is 30.9 Å². The number of nitrogens with two attached hydrogens (primary N) is 1. The maximum absolute atomic E-state index is 13.9. The van der Waals surface area contributed by atoms with E-state index in [1.54, 1.807) is 23.7 Å². The van der Waals surface area contributed by atoms with Crippen LogP contribution in [-0.2, 0) is 13.5 Å². The molecular weight excluding hydrogens is 229 g/mol. The molecule has 1 heterocycles. The van der Waals surface area contributed by atoms with Crippen molar-refractivity contribution in [1.82, 2.24) is 9.78 Å². The molecule has 0 fully saturated rings. The quantitative estimate of drug-likeness (QED) is 0.902. The average Bonchev–Trinajstić information content (AvgIpc) is 2.76. The zero-order valence-electron chi connectivity index (χ0n) is 10.7. The Morgan fingerprint density at radius 1 is 1.44 bits per heavy atom. The van der Waals surface area contributed by atoms with Gasteiger partial charge in [0.1, 0.15) is 5.82 Å². The number of halogens is 1. The molecule has 2 aromatic rings. The molecule has 2 rings (SSSR count). The Labute approximate surface area is 106 Å². The molecule has 0 aliphatic carbocycles. The molecule has 1 aromatic heterocycles. The molecule has 4 heteroatoms. The second kappa shape index (κ2) is 5.31. The van der Waals surface area contributed by atoms with E-state index in [0.29, 0.717) is 17.5 Å². The Morgan fingerprint density at radius 2 is 2.22 bits per heavy atom. The van der Waals surface area contributed by atoms with E-state index in [0.717, 1.165) is 12.0 Å². The molecule has 0 bridgehead atoms. The van der Waals surface area contributed by atoms with Crippen molar-refractivity contribution < 1.29 is 4.39 Å².